The van der Waals surface area contributed by atoms with Crippen LogP contribution in [0.4, 0.5) is 4.39 Å². The van der Waals surface area contributed by atoms with Gasteiger partial charge in [-0.25, -0.2) is 4.39 Å². The molecule has 2 aromatic rings. The molecule has 1 fully saturated rings. The Bertz CT molecular complexity index is 759. The summed E-state index contributed by atoms with van der Waals surface area (Å²) in [6.45, 7) is 5.20. The minimum atomic E-state index is -0.393. The molecule has 142 valence electrons. The largest absolute Gasteiger partial charge is 0.496 e. The van der Waals surface area contributed by atoms with Crippen LogP contribution in [0.1, 0.15) is 49.5 Å². The maximum atomic E-state index is 13.9. The Balaban J connectivity index is 1.49. The summed E-state index contributed by atoms with van der Waals surface area (Å²) >= 11 is 0. The lowest BCUT2D eigenvalue weighted by atomic mass is 10.0. The zero-order chi connectivity index (χ0) is 18.5. The molecule has 2 N–H and O–H groups in total. The lowest BCUT2D eigenvalue weighted by molar-refractivity contribution is 0.0947. The molecule has 26 heavy (non-hydrogen) atoms. The standard InChI is InChI=1S/C20H28FN3O2/c1-14-7-3-5-11-24(14)12-6-4-10-22-20(25)17-13-15-18(26-2)9-8-16(21)19(15)23-17/h8-9,13-14,23H,3-7,10-12H2,1-2H3,(H,22,25)/t14-/m0/s1. The molecule has 0 spiro atoms. The summed E-state index contributed by atoms with van der Waals surface area (Å²) in [7, 11) is 1.53. The fourth-order valence-electron chi connectivity index (χ4n) is 3.69. The minimum absolute atomic E-state index is 0.214. The monoisotopic (exact) mass is 361 g/mol. The number of methoxy groups -OCH3 is 1. The molecule has 6 heteroatoms. The van der Waals surface area contributed by atoms with Gasteiger partial charge in [-0.05, 0) is 63.9 Å². The molecular formula is C20H28FN3O2. The van der Waals surface area contributed by atoms with E-state index in [1.54, 1.807) is 12.1 Å². The number of aromatic nitrogens is 1. The van der Waals surface area contributed by atoms with Gasteiger partial charge in [0.1, 0.15) is 17.3 Å². The highest BCUT2D eigenvalue weighted by molar-refractivity contribution is 5.99. The minimum Gasteiger partial charge on any atom is -0.496 e. The smallest absolute Gasteiger partial charge is 0.267 e. The van der Waals surface area contributed by atoms with E-state index < -0.39 is 5.82 Å². The highest BCUT2D eigenvalue weighted by Crippen LogP contribution is 2.28. The number of nitrogens with zero attached hydrogens (tertiary/aromatic N) is 1. The molecule has 1 aliphatic rings. The van der Waals surface area contributed by atoms with Crippen LogP contribution < -0.4 is 10.1 Å². The number of carbonyl (C=O) groups is 1. The topological polar surface area (TPSA) is 57.4 Å². The molecule has 1 aromatic carbocycles. The second-order valence-electron chi connectivity index (χ2n) is 7.07. The SMILES string of the molecule is COc1ccc(F)c2[nH]c(C(=O)NCCCCN3CCCC[C@@H]3C)cc12. The van der Waals surface area contributed by atoms with Crippen LogP contribution >= 0.6 is 0 Å². The van der Waals surface area contributed by atoms with E-state index in [2.05, 4.69) is 22.1 Å². The Morgan fingerprint density at radius 3 is 3.00 bits per heavy atom. The van der Waals surface area contributed by atoms with Crippen LogP contribution in [0.2, 0.25) is 0 Å². The Labute approximate surface area is 153 Å². The molecule has 1 atom stereocenters. The average molecular weight is 361 g/mol. The van der Waals surface area contributed by atoms with Crippen LogP contribution in [0.15, 0.2) is 18.2 Å². The molecule has 3 rings (SSSR count). The first kappa shape index (κ1) is 18.7. The number of unbranched alkanes of at least 4 members (excludes halogenated alkanes) is 1. The average Bonchev–Trinajstić information content (AvgIpc) is 3.09. The summed E-state index contributed by atoms with van der Waals surface area (Å²) in [4.78, 5) is 17.7. The summed E-state index contributed by atoms with van der Waals surface area (Å²) in [5.74, 6) is -0.0585. The van der Waals surface area contributed by atoms with Gasteiger partial charge in [0.15, 0.2) is 0 Å². The highest BCUT2D eigenvalue weighted by Gasteiger charge is 2.17. The van der Waals surface area contributed by atoms with Crippen molar-refractivity contribution in [3.63, 3.8) is 0 Å². The predicted molar refractivity (Wildman–Crippen MR) is 101 cm³/mol. The lowest BCUT2D eigenvalue weighted by Gasteiger charge is -2.33. The summed E-state index contributed by atoms with van der Waals surface area (Å²) in [5, 5.41) is 3.49. The fraction of sp³-hybridized carbons (Fsp3) is 0.550. The number of piperidine rings is 1. The molecule has 0 bridgehead atoms. The zero-order valence-electron chi connectivity index (χ0n) is 15.6. The summed E-state index contributed by atoms with van der Waals surface area (Å²) < 4.78 is 19.1. The normalized spacial score (nSPS) is 18.2. The number of hydrogen-bond donors (Lipinski definition) is 2. The van der Waals surface area contributed by atoms with Crippen LogP contribution in [-0.2, 0) is 0 Å². The first-order chi connectivity index (χ1) is 12.6. The Hall–Kier alpha value is -2.08. The van der Waals surface area contributed by atoms with Crippen LogP contribution in [0.3, 0.4) is 0 Å². The maximum Gasteiger partial charge on any atom is 0.267 e. The van der Waals surface area contributed by atoms with Crippen molar-refractivity contribution in [1.82, 2.24) is 15.2 Å². The molecule has 1 amide bonds. The van der Waals surface area contributed by atoms with Crippen LogP contribution in [0.25, 0.3) is 10.9 Å². The number of hydrogen-bond acceptors (Lipinski definition) is 3. The van der Waals surface area contributed by atoms with Crippen molar-refractivity contribution in [3.8, 4) is 5.75 Å². The van der Waals surface area contributed by atoms with Gasteiger partial charge >= 0.3 is 0 Å². The van der Waals surface area contributed by atoms with Gasteiger partial charge < -0.3 is 19.9 Å². The molecule has 1 aromatic heterocycles. The number of ether oxygens (including phenoxy) is 1. The fourth-order valence-corrected chi connectivity index (χ4v) is 3.69. The number of carbonyl (C=O) groups excluding carboxylic acids is 1. The maximum absolute atomic E-state index is 13.9. The quantitative estimate of drug-likeness (QED) is 0.740. The van der Waals surface area contributed by atoms with E-state index in [4.69, 9.17) is 4.74 Å². The van der Waals surface area contributed by atoms with E-state index in [9.17, 15) is 9.18 Å². The summed E-state index contributed by atoms with van der Waals surface area (Å²) in [5.41, 5.74) is 0.654. The molecule has 0 aliphatic carbocycles. The van der Waals surface area contributed by atoms with Gasteiger partial charge in [0.05, 0.1) is 12.6 Å². The van der Waals surface area contributed by atoms with Gasteiger partial charge in [-0.2, -0.15) is 0 Å². The molecular weight excluding hydrogens is 333 g/mol. The summed E-state index contributed by atoms with van der Waals surface area (Å²) in [6.07, 6.45) is 5.93. The third-order valence-electron chi connectivity index (χ3n) is 5.27. The zero-order valence-corrected chi connectivity index (χ0v) is 15.6. The van der Waals surface area contributed by atoms with E-state index in [0.29, 0.717) is 34.9 Å². The van der Waals surface area contributed by atoms with E-state index in [-0.39, 0.29) is 5.91 Å². The van der Waals surface area contributed by atoms with Crippen molar-refractivity contribution in [2.75, 3.05) is 26.7 Å². The van der Waals surface area contributed by atoms with Gasteiger partial charge in [-0.1, -0.05) is 6.42 Å². The van der Waals surface area contributed by atoms with Gasteiger partial charge in [-0.3, -0.25) is 4.79 Å². The third-order valence-corrected chi connectivity index (χ3v) is 5.27. The molecule has 2 heterocycles. The Kier molecular flexibility index (Phi) is 6.14. The number of likely N-dealkylation sites (tertiary alicyclic amines) is 1. The Morgan fingerprint density at radius 1 is 1.38 bits per heavy atom. The number of halogens is 1. The van der Waals surface area contributed by atoms with Crippen molar-refractivity contribution >= 4 is 16.8 Å². The molecule has 0 unspecified atom stereocenters. The van der Waals surface area contributed by atoms with Crippen LogP contribution in [-0.4, -0.2) is 48.6 Å². The van der Waals surface area contributed by atoms with Gasteiger partial charge in [-0.15, -0.1) is 0 Å². The van der Waals surface area contributed by atoms with Crippen molar-refractivity contribution in [2.24, 2.45) is 0 Å². The van der Waals surface area contributed by atoms with Crippen LogP contribution in [0, 0.1) is 5.82 Å². The van der Waals surface area contributed by atoms with Gasteiger partial charge in [0.2, 0.25) is 0 Å². The molecule has 1 saturated heterocycles. The van der Waals surface area contributed by atoms with E-state index >= 15 is 0 Å². The molecule has 0 radical (unpaired) electrons. The van der Waals surface area contributed by atoms with Crippen molar-refractivity contribution in [1.29, 1.82) is 0 Å². The third kappa shape index (κ3) is 4.18. The predicted octanol–water partition coefficient (Wildman–Crippen LogP) is 3.70. The number of rotatable bonds is 7. The first-order valence-corrected chi connectivity index (χ1v) is 9.47. The highest BCUT2D eigenvalue weighted by atomic mass is 19.1. The number of nitrogens with one attached hydrogen (secondary N) is 2. The number of fused-ring (bicyclic) bond motifs is 1. The van der Waals surface area contributed by atoms with E-state index in [1.165, 1.54) is 39.0 Å². The van der Waals surface area contributed by atoms with Crippen molar-refractivity contribution in [2.45, 2.75) is 45.1 Å². The second-order valence-corrected chi connectivity index (χ2v) is 7.07. The van der Waals surface area contributed by atoms with Crippen LogP contribution in [0.5, 0.6) is 5.75 Å². The first-order valence-electron chi connectivity index (χ1n) is 9.47. The molecule has 0 saturated carbocycles. The number of aromatic amines is 1. The molecule has 1 aliphatic heterocycles. The number of amides is 1. The van der Waals surface area contributed by atoms with E-state index in [0.717, 1.165) is 19.4 Å². The number of H-pyrrole nitrogens is 1. The number of benzene rings is 1. The summed E-state index contributed by atoms with van der Waals surface area (Å²) in [6, 6.07) is 5.21. The van der Waals surface area contributed by atoms with Gasteiger partial charge in [0, 0.05) is 18.0 Å². The van der Waals surface area contributed by atoms with Gasteiger partial charge in [0.25, 0.3) is 5.91 Å². The van der Waals surface area contributed by atoms with Crippen molar-refractivity contribution < 1.29 is 13.9 Å². The second kappa shape index (κ2) is 8.54. The van der Waals surface area contributed by atoms with Crippen molar-refractivity contribution in [3.05, 3.63) is 29.7 Å². The molecule has 5 nitrogen and oxygen atoms in total. The lowest BCUT2D eigenvalue weighted by Crippen LogP contribution is -2.38. The van der Waals surface area contributed by atoms with E-state index in [1.807, 2.05) is 0 Å². The Morgan fingerprint density at radius 2 is 2.23 bits per heavy atom.